The maximum atomic E-state index is 9.26. The van der Waals surface area contributed by atoms with E-state index in [0.717, 1.165) is 22.3 Å². The number of nitrogens with one attached hydrogen (secondary N) is 2. The van der Waals surface area contributed by atoms with Crippen molar-refractivity contribution in [1.29, 1.82) is 0 Å². The molecule has 2 aromatic carbocycles. The molecule has 128 valence electrons. The van der Waals surface area contributed by atoms with Crippen LogP contribution >= 0.6 is 11.6 Å². The molecule has 7 heteroatoms. The topological polar surface area (TPSA) is 86.7 Å². The Bertz CT molecular complexity index is 855. The van der Waals surface area contributed by atoms with E-state index in [9.17, 15) is 5.11 Å². The predicted octanol–water partition coefficient (Wildman–Crippen LogP) is 3.09. The van der Waals surface area contributed by atoms with E-state index in [0.29, 0.717) is 23.1 Å². The Morgan fingerprint density at radius 3 is 2.44 bits per heavy atom. The second-order valence-electron chi connectivity index (χ2n) is 5.50. The predicted molar refractivity (Wildman–Crippen MR) is 97.5 cm³/mol. The van der Waals surface area contributed by atoms with Gasteiger partial charge in [-0.3, -0.25) is 0 Å². The second kappa shape index (κ2) is 7.92. The molecule has 0 saturated heterocycles. The summed E-state index contributed by atoms with van der Waals surface area (Å²) in [7, 11) is 0. The van der Waals surface area contributed by atoms with E-state index in [1.165, 1.54) is 0 Å². The van der Waals surface area contributed by atoms with Crippen molar-refractivity contribution in [1.82, 2.24) is 25.9 Å². The molecule has 0 aliphatic heterocycles. The third kappa shape index (κ3) is 4.04. The molecule has 0 aliphatic carbocycles. The number of rotatable bonds is 6. The highest BCUT2D eigenvalue weighted by Crippen LogP contribution is 2.29. The van der Waals surface area contributed by atoms with Gasteiger partial charge < -0.3 is 10.4 Å². The Hall–Kier alpha value is -2.70. The van der Waals surface area contributed by atoms with Crippen LogP contribution in [0.1, 0.15) is 12.5 Å². The highest BCUT2D eigenvalue weighted by Gasteiger charge is 2.10. The number of aromatic nitrogens is 4. The summed E-state index contributed by atoms with van der Waals surface area (Å²) in [6.07, 6.45) is 0. The molecule has 3 N–H and O–H groups in total. The molecule has 0 spiro atoms. The van der Waals surface area contributed by atoms with Gasteiger partial charge in [0.05, 0.1) is 12.3 Å². The minimum absolute atomic E-state index is 0.106. The molecule has 0 amide bonds. The van der Waals surface area contributed by atoms with E-state index in [1.807, 2.05) is 48.5 Å². The summed E-state index contributed by atoms with van der Waals surface area (Å²) in [5, 5.41) is 27.2. The van der Waals surface area contributed by atoms with E-state index in [1.54, 1.807) is 6.92 Å². The van der Waals surface area contributed by atoms with E-state index in [-0.39, 0.29) is 6.61 Å². The lowest BCUT2D eigenvalue weighted by atomic mass is 9.98. The SMILES string of the molecule is C/C(Cl)=C(/CO)NCc1ccc(-c2ccccc2-c2nn[nH]n2)cc1. The van der Waals surface area contributed by atoms with Crippen LogP contribution in [0.15, 0.2) is 59.3 Å². The Labute approximate surface area is 150 Å². The first kappa shape index (κ1) is 17.1. The van der Waals surface area contributed by atoms with Crippen LogP contribution in [0.2, 0.25) is 0 Å². The third-order valence-corrected chi connectivity index (χ3v) is 4.09. The van der Waals surface area contributed by atoms with Crippen LogP contribution in [0.25, 0.3) is 22.5 Å². The maximum absolute atomic E-state index is 9.26. The highest BCUT2D eigenvalue weighted by molar-refractivity contribution is 6.29. The summed E-state index contributed by atoms with van der Waals surface area (Å²) < 4.78 is 0. The Balaban J connectivity index is 1.81. The van der Waals surface area contributed by atoms with Crippen LogP contribution in [0.5, 0.6) is 0 Å². The van der Waals surface area contributed by atoms with Crippen molar-refractivity contribution in [2.24, 2.45) is 0 Å². The lowest BCUT2D eigenvalue weighted by Gasteiger charge is -2.11. The van der Waals surface area contributed by atoms with Crippen LogP contribution in [0.3, 0.4) is 0 Å². The Kier molecular flexibility index (Phi) is 5.42. The molecule has 6 nitrogen and oxygen atoms in total. The number of aromatic amines is 1. The van der Waals surface area contributed by atoms with Gasteiger partial charge in [-0.2, -0.15) is 5.21 Å². The number of aliphatic hydroxyl groups excluding tert-OH is 1. The summed E-state index contributed by atoms with van der Waals surface area (Å²) in [6.45, 7) is 2.23. The molecule has 0 fully saturated rings. The molecule has 1 aromatic heterocycles. The van der Waals surface area contributed by atoms with Gasteiger partial charge in [0.1, 0.15) is 0 Å². The van der Waals surface area contributed by atoms with Gasteiger partial charge in [0, 0.05) is 17.1 Å². The van der Waals surface area contributed by atoms with Gasteiger partial charge in [0.2, 0.25) is 5.82 Å². The summed E-state index contributed by atoms with van der Waals surface area (Å²) in [4.78, 5) is 0. The number of aliphatic hydroxyl groups is 1. The molecule has 25 heavy (non-hydrogen) atoms. The molecule has 0 unspecified atom stereocenters. The molecule has 0 atom stereocenters. The van der Waals surface area contributed by atoms with E-state index >= 15 is 0 Å². The van der Waals surface area contributed by atoms with Gasteiger partial charge in [-0.05, 0) is 28.8 Å². The van der Waals surface area contributed by atoms with Crippen molar-refractivity contribution in [2.45, 2.75) is 13.5 Å². The number of allylic oxidation sites excluding steroid dienone is 1. The molecule has 3 aromatic rings. The van der Waals surface area contributed by atoms with Gasteiger partial charge in [0.15, 0.2) is 0 Å². The Morgan fingerprint density at radius 2 is 1.84 bits per heavy atom. The van der Waals surface area contributed by atoms with Crippen molar-refractivity contribution >= 4 is 11.6 Å². The van der Waals surface area contributed by atoms with Gasteiger partial charge in [0.25, 0.3) is 0 Å². The van der Waals surface area contributed by atoms with Crippen molar-refractivity contribution in [2.75, 3.05) is 6.61 Å². The first-order valence-electron chi connectivity index (χ1n) is 7.81. The normalized spacial score (nSPS) is 12.0. The number of tetrazole rings is 1. The minimum atomic E-state index is -0.106. The molecule has 0 saturated carbocycles. The molecular formula is C18H18ClN5O. The van der Waals surface area contributed by atoms with Crippen LogP contribution in [0, 0.1) is 0 Å². The van der Waals surface area contributed by atoms with Crippen molar-refractivity contribution in [3.05, 3.63) is 64.8 Å². The van der Waals surface area contributed by atoms with Crippen LogP contribution in [0.4, 0.5) is 0 Å². The van der Waals surface area contributed by atoms with E-state index < -0.39 is 0 Å². The number of benzene rings is 2. The fourth-order valence-electron chi connectivity index (χ4n) is 2.50. The number of hydrogen-bond donors (Lipinski definition) is 3. The molecule has 0 aliphatic rings. The first-order chi connectivity index (χ1) is 12.2. The number of halogens is 1. The summed E-state index contributed by atoms with van der Waals surface area (Å²) >= 11 is 5.92. The maximum Gasteiger partial charge on any atom is 0.205 e. The number of nitrogens with zero attached hydrogens (tertiary/aromatic N) is 3. The smallest absolute Gasteiger partial charge is 0.205 e. The van der Waals surface area contributed by atoms with Gasteiger partial charge in [-0.15, -0.1) is 10.2 Å². The second-order valence-corrected chi connectivity index (χ2v) is 6.07. The third-order valence-electron chi connectivity index (χ3n) is 3.86. The molecular weight excluding hydrogens is 338 g/mol. The summed E-state index contributed by atoms with van der Waals surface area (Å²) in [5.41, 5.74) is 4.75. The fraction of sp³-hybridized carbons (Fsp3) is 0.167. The molecule has 3 rings (SSSR count). The molecule has 1 heterocycles. The zero-order chi connectivity index (χ0) is 17.6. The minimum Gasteiger partial charge on any atom is -0.390 e. The lowest BCUT2D eigenvalue weighted by Crippen LogP contribution is -2.16. The van der Waals surface area contributed by atoms with Crippen LogP contribution in [-0.2, 0) is 6.54 Å². The zero-order valence-corrected chi connectivity index (χ0v) is 14.5. The number of H-pyrrole nitrogens is 1. The highest BCUT2D eigenvalue weighted by atomic mass is 35.5. The average Bonchev–Trinajstić information content (AvgIpc) is 3.17. The van der Waals surface area contributed by atoms with Crippen molar-refractivity contribution in [3.8, 4) is 22.5 Å². The first-order valence-corrected chi connectivity index (χ1v) is 8.19. The molecule has 0 radical (unpaired) electrons. The van der Waals surface area contributed by atoms with Gasteiger partial charge >= 0.3 is 0 Å². The van der Waals surface area contributed by atoms with Crippen LogP contribution in [-0.4, -0.2) is 32.3 Å². The summed E-state index contributed by atoms with van der Waals surface area (Å²) in [6, 6.07) is 16.1. The van der Waals surface area contributed by atoms with Crippen LogP contribution < -0.4 is 5.32 Å². The van der Waals surface area contributed by atoms with E-state index in [4.69, 9.17) is 11.6 Å². The lowest BCUT2D eigenvalue weighted by molar-refractivity contribution is 0.320. The monoisotopic (exact) mass is 355 g/mol. The largest absolute Gasteiger partial charge is 0.390 e. The standard InChI is InChI=1S/C18H18ClN5O/c1-12(19)17(11-25)20-10-13-6-8-14(9-7-13)15-4-2-3-5-16(15)18-21-23-24-22-18/h2-9,20,25H,10-11H2,1H3,(H,21,22,23,24)/b17-12+. The van der Waals surface area contributed by atoms with Gasteiger partial charge in [-0.25, -0.2) is 0 Å². The fourth-order valence-corrected chi connectivity index (χ4v) is 2.63. The van der Waals surface area contributed by atoms with Crippen molar-refractivity contribution < 1.29 is 5.11 Å². The number of hydrogen-bond acceptors (Lipinski definition) is 5. The van der Waals surface area contributed by atoms with Gasteiger partial charge in [-0.1, -0.05) is 60.1 Å². The average molecular weight is 356 g/mol. The van der Waals surface area contributed by atoms with Crippen molar-refractivity contribution in [3.63, 3.8) is 0 Å². The van der Waals surface area contributed by atoms with E-state index in [2.05, 4.69) is 25.9 Å². The Morgan fingerprint density at radius 1 is 1.12 bits per heavy atom. The molecule has 0 bridgehead atoms. The quantitative estimate of drug-likeness (QED) is 0.632. The zero-order valence-electron chi connectivity index (χ0n) is 13.7. The summed E-state index contributed by atoms with van der Waals surface area (Å²) in [5.74, 6) is 0.566.